The molecule has 1 atom stereocenters. The van der Waals surface area contributed by atoms with Gasteiger partial charge in [-0.1, -0.05) is 13.8 Å². The fraction of sp³-hybridized carbons (Fsp3) is 0.818. The molecule has 2 amide bonds. The Morgan fingerprint density at radius 3 is 2.47 bits per heavy atom. The Bertz CT molecular complexity index is 272. The maximum absolute atomic E-state index is 11.9. The fourth-order valence-corrected chi connectivity index (χ4v) is 1.92. The van der Waals surface area contributed by atoms with Gasteiger partial charge in [0.25, 0.3) is 0 Å². The average molecular weight is 264 g/mol. The molecule has 1 unspecified atom stereocenters. The zero-order chi connectivity index (χ0) is 12.2. The van der Waals surface area contributed by atoms with Gasteiger partial charge in [-0.15, -0.1) is 12.4 Å². The second-order valence-corrected chi connectivity index (χ2v) is 4.39. The van der Waals surface area contributed by atoms with E-state index < -0.39 is 0 Å². The molecule has 0 radical (unpaired) electrons. The lowest BCUT2D eigenvalue weighted by Gasteiger charge is -2.32. The predicted molar refractivity (Wildman–Crippen MR) is 68.9 cm³/mol. The third kappa shape index (κ3) is 3.85. The average Bonchev–Trinajstić information content (AvgIpc) is 2.73. The Hall–Kier alpha value is -0.810. The molecule has 1 aliphatic rings. The first-order valence-corrected chi connectivity index (χ1v) is 5.85. The van der Waals surface area contributed by atoms with Crippen LogP contribution in [0.5, 0.6) is 0 Å². The minimum Gasteiger partial charge on any atom is -0.355 e. The summed E-state index contributed by atoms with van der Waals surface area (Å²) in [4.78, 5) is 22.9. The third-order valence-corrected chi connectivity index (χ3v) is 3.48. The van der Waals surface area contributed by atoms with E-state index in [9.17, 15) is 9.59 Å². The SMILES string of the molecule is CCC(CC)(CN)NC(=O)C1CNC(=O)C1.Cl. The smallest absolute Gasteiger partial charge is 0.225 e. The first-order chi connectivity index (χ1) is 7.56. The second kappa shape index (κ2) is 6.81. The van der Waals surface area contributed by atoms with Gasteiger partial charge in [-0.2, -0.15) is 0 Å². The van der Waals surface area contributed by atoms with Crippen LogP contribution in [0.25, 0.3) is 0 Å². The molecule has 6 heteroatoms. The Kier molecular flexibility index (Phi) is 6.49. The molecule has 17 heavy (non-hydrogen) atoms. The van der Waals surface area contributed by atoms with Crippen LogP contribution in [-0.4, -0.2) is 30.4 Å². The highest BCUT2D eigenvalue weighted by Crippen LogP contribution is 2.16. The number of rotatable bonds is 5. The van der Waals surface area contributed by atoms with Crippen LogP contribution in [0.3, 0.4) is 0 Å². The Labute approximate surface area is 108 Å². The highest BCUT2D eigenvalue weighted by atomic mass is 35.5. The van der Waals surface area contributed by atoms with Gasteiger partial charge in [-0.3, -0.25) is 9.59 Å². The summed E-state index contributed by atoms with van der Waals surface area (Å²) in [5.74, 6) is -0.351. The van der Waals surface area contributed by atoms with E-state index in [0.717, 1.165) is 12.8 Å². The van der Waals surface area contributed by atoms with Gasteiger partial charge in [0.1, 0.15) is 0 Å². The molecule has 0 bridgehead atoms. The van der Waals surface area contributed by atoms with Gasteiger partial charge in [0, 0.05) is 19.5 Å². The summed E-state index contributed by atoms with van der Waals surface area (Å²) in [5.41, 5.74) is 5.39. The van der Waals surface area contributed by atoms with E-state index >= 15 is 0 Å². The molecule has 0 saturated carbocycles. The molecule has 1 heterocycles. The van der Waals surface area contributed by atoms with Crippen LogP contribution in [0.2, 0.25) is 0 Å². The lowest BCUT2D eigenvalue weighted by Crippen LogP contribution is -2.54. The van der Waals surface area contributed by atoms with Crippen molar-refractivity contribution in [3.05, 3.63) is 0 Å². The Morgan fingerprint density at radius 2 is 2.12 bits per heavy atom. The van der Waals surface area contributed by atoms with E-state index in [1.807, 2.05) is 13.8 Å². The van der Waals surface area contributed by atoms with Crippen LogP contribution in [0.1, 0.15) is 33.1 Å². The summed E-state index contributed by atoms with van der Waals surface area (Å²) in [6.45, 7) is 4.89. The van der Waals surface area contributed by atoms with Gasteiger partial charge in [0.15, 0.2) is 0 Å². The molecule has 1 rings (SSSR count). The number of amides is 2. The van der Waals surface area contributed by atoms with E-state index in [0.29, 0.717) is 19.5 Å². The highest BCUT2D eigenvalue weighted by Gasteiger charge is 2.33. The number of halogens is 1. The predicted octanol–water partition coefficient (Wildman–Crippen LogP) is 0.178. The van der Waals surface area contributed by atoms with Crippen molar-refractivity contribution in [2.75, 3.05) is 13.1 Å². The molecule has 0 aliphatic carbocycles. The van der Waals surface area contributed by atoms with Crippen LogP contribution in [-0.2, 0) is 9.59 Å². The lowest BCUT2D eigenvalue weighted by atomic mass is 9.92. The summed E-state index contributed by atoms with van der Waals surface area (Å²) in [5, 5.41) is 5.65. The summed E-state index contributed by atoms with van der Waals surface area (Å²) >= 11 is 0. The van der Waals surface area contributed by atoms with Crippen LogP contribution in [0.4, 0.5) is 0 Å². The molecule has 4 N–H and O–H groups in total. The molecule has 100 valence electrons. The van der Waals surface area contributed by atoms with Gasteiger partial charge >= 0.3 is 0 Å². The summed E-state index contributed by atoms with van der Waals surface area (Å²) < 4.78 is 0. The lowest BCUT2D eigenvalue weighted by molar-refractivity contribution is -0.128. The first kappa shape index (κ1) is 16.2. The van der Waals surface area contributed by atoms with E-state index in [1.54, 1.807) is 0 Å². The number of hydrogen-bond donors (Lipinski definition) is 3. The minimum atomic E-state index is -0.317. The molecule has 1 aliphatic heterocycles. The van der Waals surface area contributed by atoms with Crippen molar-refractivity contribution in [1.82, 2.24) is 10.6 Å². The molecule has 5 nitrogen and oxygen atoms in total. The first-order valence-electron chi connectivity index (χ1n) is 5.85. The molecule has 0 aromatic rings. The van der Waals surface area contributed by atoms with E-state index in [-0.39, 0.29) is 35.7 Å². The molecular formula is C11H22ClN3O2. The highest BCUT2D eigenvalue weighted by molar-refractivity contribution is 5.89. The quantitative estimate of drug-likeness (QED) is 0.662. The van der Waals surface area contributed by atoms with Gasteiger partial charge in [0.05, 0.1) is 11.5 Å². The zero-order valence-electron chi connectivity index (χ0n) is 10.4. The molecule has 0 aromatic carbocycles. The van der Waals surface area contributed by atoms with Crippen molar-refractivity contribution in [3.63, 3.8) is 0 Å². The van der Waals surface area contributed by atoms with Crippen molar-refractivity contribution in [2.24, 2.45) is 11.7 Å². The van der Waals surface area contributed by atoms with Crippen LogP contribution < -0.4 is 16.4 Å². The number of carbonyl (C=O) groups excluding carboxylic acids is 2. The van der Waals surface area contributed by atoms with Gasteiger partial charge in [0.2, 0.25) is 11.8 Å². The third-order valence-electron chi connectivity index (χ3n) is 3.48. The standard InChI is InChI=1S/C11H21N3O2.ClH/c1-3-11(4-2,7-12)14-10(16)8-5-9(15)13-6-8;/h8H,3-7,12H2,1-2H3,(H,13,15)(H,14,16);1H. The van der Waals surface area contributed by atoms with Crippen molar-refractivity contribution >= 4 is 24.2 Å². The number of hydrogen-bond acceptors (Lipinski definition) is 3. The van der Waals surface area contributed by atoms with E-state index in [2.05, 4.69) is 10.6 Å². The van der Waals surface area contributed by atoms with Gasteiger partial charge < -0.3 is 16.4 Å². The molecular weight excluding hydrogens is 242 g/mol. The Balaban J connectivity index is 0.00000256. The number of nitrogens with one attached hydrogen (secondary N) is 2. The van der Waals surface area contributed by atoms with Gasteiger partial charge in [-0.05, 0) is 12.8 Å². The van der Waals surface area contributed by atoms with Crippen molar-refractivity contribution in [1.29, 1.82) is 0 Å². The maximum atomic E-state index is 11.9. The molecule has 1 saturated heterocycles. The normalized spacial score (nSPS) is 19.5. The number of nitrogens with two attached hydrogens (primary N) is 1. The van der Waals surface area contributed by atoms with Crippen LogP contribution in [0.15, 0.2) is 0 Å². The molecule has 0 aromatic heterocycles. The molecule has 1 fully saturated rings. The number of carbonyl (C=O) groups is 2. The largest absolute Gasteiger partial charge is 0.355 e. The summed E-state index contributed by atoms with van der Waals surface area (Å²) in [7, 11) is 0. The van der Waals surface area contributed by atoms with Gasteiger partial charge in [-0.25, -0.2) is 0 Å². The maximum Gasteiger partial charge on any atom is 0.225 e. The van der Waals surface area contributed by atoms with Crippen molar-refractivity contribution in [3.8, 4) is 0 Å². The van der Waals surface area contributed by atoms with Crippen molar-refractivity contribution in [2.45, 2.75) is 38.6 Å². The van der Waals surface area contributed by atoms with Crippen LogP contribution >= 0.6 is 12.4 Å². The zero-order valence-corrected chi connectivity index (χ0v) is 11.2. The molecule has 0 spiro atoms. The monoisotopic (exact) mass is 263 g/mol. The summed E-state index contributed by atoms with van der Waals surface area (Å²) in [6.07, 6.45) is 1.90. The summed E-state index contributed by atoms with van der Waals surface area (Å²) in [6, 6.07) is 0. The van der Waals surface area contributed by atoms with Crippen molar-refractivity contribution < 1.29 is 9.59 Å². The van der Waals surface area contributed by atoms with E-state index in [1.165, 1.54) is 0 Å². The minimum absolute atomic E-state index is 0. The van der Waals surface area contributed by atoms with Crippen LogP contribution in [0, 0.1) is 5.92 Å². The fourth-order valence-electron chi connectivity index (χ4n) is 1.92. The van der Waals surface area contributed by atoms with E-state index in [4.69, 9.17) is 5.73 Å². The topological polar surface area (TPSA) is 84.2 Å². The second-order valence-electron chi connectivity index (χ2n) is 4.39. The Morgan fingerprint density at radius 1 is 1.53 bits per heavy atom.